The minimum absolute atomic E-state index is 0.140. The van der Waals surface area contributed by atoms with Gasteiger partial charge < -0.3 is 39.0 Å². The van der Waals surface area contributed by atoms with E-state index in [1.54, 1.807) is 12.2 Å². The lowest BCUT2D eigenvalue weighted by molar-refractivity contribution is -0.301. The summed E-state index contributed by atoms with van der Waals surface area (Å²) < 4.78 is 28.4. The van der Waals surface area contributed by atoms with Gasteiger partial charge in [-0.1, -0.05) is 240 Å². The molecule has 1 fully saturated rings. The van der Waals surface area contributed by atoms with E-state index in [0.29, 0.717) is 19.3 Å². The molecule has 81 heavy (non-hydrogen) atoms. The highest BCUT2D eigenvalue weighted by atomic mass is 16.7. The van der Waals surface area contributed by atoms with Crippen LogP contribution in [0.4, 0.5) is 0 Å². The summed E-state index contributed by atoms with van der Waals surface area (Å²) in [4.78, 5) is 51.2. The van der Waals surface area contributed by atoms with Gasteiger partial charge in [-0.25, -0.2) is 4.79 Å². The maximum absolute atomic E-state index is 13.2. The second-order valence-electron chi connectivity index (χ2n) is 21.7. The maximum Gasteiger partial charge on any atom is 0.335 e. The summed E-state index contributed by atoms with van der Waals surface area (Å²) in [5.41, 5.74) is 0. The van der Waals surface area contributed by atoms with Crippen molar-refractivity contribution in [3.8, 4) is 0 Å². The molecular formula is C69H114O12. The molecule has 462 valence electrons. The fraction of sp³-hybridized carbons (Fsp3) is 0.710. The molecule has 0 aromatic carbocycles. The van der Waals surface area contributed by atoms with Gasteiger partial charge in [0, 0.05) is 12.8 Å². The number of rotatable bonds is 54. The van der Waals surface area contributed by atoms with Crippen molar-refractivity contribution in [2.45, 2.75) is 302 Å². The summed E-state index contributed by atoms with van der Waals surface area (Å²) in [5, 5.41) is 31.5. The van der Waals surface area contributed by atoms with Gasteiger partial charge in [0.15, 0.2) is 24.6 Å². The zero-order valence-electron chi connectivity index (χ0n) is 51.0. The van der Waals surface area contributed by atoms with Crippen molar-refractivity contribution in [2.24, 2.45) is 0 Å². The first-order valence-corrected chi connectivity index (χ1v) is 32.2. The van der Waals surface area contributed by atoms with E-state index < -0.39 is 67.3 Å². The molecule has 6 atom stereocenters. The topological polar surface area (TPSA) is 175 Å². The average Bonchev–Trinajstić information content (AvgIpc) is 3.53. The third-order valence-corrected chi connectivity index (χ3v) is 14.1. The first-order valence-electron chi connectivity index (χ1n) is 32.2. The van der Waals surface area contributed by atoms with Crippen molar-refractivity contribution in [3.05, 3.63) is 97.2 Å². The first-order chi connectivity index (χ1) is 39.6. The number of hydrogen-bond donors (Lipinski definition) is 3. The number of carbonyl (C=O) groups excluding carboxylic acids is 3. The molecule has 12 heteroatoms. The Morgan fingerprint density at radius 3 is 1.28 bits per heavy atom. The highest BCUT2D eigenvalue weighted by molar-refractivity contribution is 5.74. The van der Waals surface area contributed by atoms with E-state index in [9.17, 15) is 34.5 Å². The lowest BCUT2D eigenvalue weighted by Gasteiger charge is -2.40. The summed E-state index contributed by atoms with van der Waals surface area (Å²) in [5.74, 6) is -3.29. The predicted octanol–water partition coefficient (Wildman–Crippen LogP) is 17.2. The Hall–Kier alpha value is -4.36. The molecule has 0 aromatic heterocycles. The molecule has 0 bridgehead atoms. The van der Waals surface area contributed by atoms with Crippen LogP contribution in [0.1, 0.15) is 265 Å². The number of carbonyl (C=O) groups is 4. The number of hydrogen-bond acceptors (Lipinski definition) is 11. The van der Waals surface area contributed by atoms with Gasteiger partial charge in [0.2, 0.25) is 0 Å². The maximum atomic E-state index is 13.2. The summed E-state index contributed by atoms with van der Waals surface area (Å²) in [6.45, 7) is 5.82. The molecule has 0 spiro atoms. The molecule has 1 aliphatic heterocycles. The Labute approximate surface area is 492 Å². The van der Waals surface area contributed by atoms with Crippen molar-refractivity contribution in [1.82, 2.24) is 0 Å². The zero-order chi connectivity index (χ0) is 58.9. The van der Waals surface area contributed by atoms with Gasteiger partial charge >= 0.3 is 23.9 Å². The van der Waals surface area contributed by atoms with Gasteiger partial charge in [-0.2, -0.15) is 0 Å². The zero-order valence-corrected chi connectivity index (χ0v) is 51.0. The van der Waals surface area contributed by atoms with Crippen molar-refractivity contribution in [3.63, 3.8) is 0 Å². The van der Waals surface area contributed by atoms with E-state index in [0.717, 1.165) is 103 Å². The van der Waals surface area contributed by atoms with Gasteiger partial charge in [0.05, 0.1) is 13.0 Å². The number of carboxylic acids is 1. The SMILES string of the molecule is CC/C=C\C/C=C\C/C=C\C/C=C\C/C=C\CC(=O)OC1C(OCC(COC(=O)CCCCCCCCCCC/C=C\CCCCCCCC)OC(=O)CCCCCCCCC/C=C\C/C=C\CCCCC)OC(C(=O)O)C(O)C1O. The smallest absolute Gasteiger partial charge is 0.335 e. The summed E-state index contributed by atoms with van der Waals surface area (Å²) in [6.07, 6.45) is 62.5. The molecule has 1 rings (SSSR count). The molecule has 1 aliphatic rings. The Morgan fingerprint density at radius 2 is 0.815 bits per heavy atom. The molecule has 0 aliphatic carbocycles. The monoisotopic (exact) mass is 1130 g/mol. The largest absolute Gasteiger partial charge is 0.479 e. The number of aliphatic hydroxyl groups is 2. The van der Waals surface area contributed by atoms with Crippen LogP contribution in [-0.4, -0.2) is 89.2 Å². The lowest BCUT2D eigenvalue weighted by Crippen LogP contribution is -2.61. The van der Waals surface area contributed by atoms with Crippen LogP contribution in [0, 0.1) is 0 Å². The highest BCUT2D eigenvalue weighted by Crippen LogP contribution is 2.26. The van der Waals surface area contributed by atoms with Gasteiger partial charge in [-0.3, -0.25) is 14.4 Å². The normalized spacial score (nSPS) is 18.4. The highest BCUT2D eigenvalue weighted by Gasteiger charge is 2.50. The fourth-order valence-corrected chi connectivity index (χ4v) is 9.23. The van der Waals surface area contributed by atoms with E-state index in [4.69, 9.17) is 23.7 Å². The second kappa shape index (κ2) is 56.1. The van der Waals surface area contributed by atoms with Crippen molar-refractivity contribution in [1.29, 1.82) is 0 Å². The van der Waals surface area contributed by atoms with Gasteiger partial charge in [-0.05, 0) is 103 Å². The molecule has 0 saturated carbocycles. The Kier molecular flexibility index (Phi) is 51.7. The van der Waals surface area contributed by atoms with Crippen LogP contribution in [0.5, 0.6) is 0 Å². The molecule has 3 N–H and O–H groups in total. The van der Waals surface area contributed by atoms with Crippen LogP contribution in [-0.2, 0) is 42.9 Å². The summed E-state index contributed by atoms with van der Waals surface area (Å²) >= 11 is 0. The average molecular weight is 1140 g/mol. The van der Waals surface area contributed by atoms with Gasteiger partial charge in [0.1, 0.15) is 18.8 Å². The molecule has 0 radical (unpaired) electrons. The van der Waals surface area contributed by atoms with Crippen LogP contribution >= 0.6 is 0 Å². The van der Waals surface area contributed by atoms with E-state index >= 15 is 0 Å². The fourth-order valence-electron chi connectivity index (χ4n) is 9.23. The number of ether oxygens (including phenoxy) is 5. The number of aliphatic hydroxyl groups excluding tert-OH is 2. The molecule has 1 saturated heterocycles. The van der Waals surface area contributed by atoms with Crippen LogP contribution in [0.25, 0.3) is 0 Å². The van der Waals surface area contributed by atoms with E-state index in [1.165, 1.54) is 103 Å². The standard InChI is InChI=1S/C69H114O12/c1-4-7-10-13-16-19-22-25-28-30-31-33-35-37-40-43-46-49-52-55-61(70)77-58-60(79-62(71)56-53-50-47-44-41-39-36-32-29-26-23-20-17-14-11-8-5-2)59-78-69-67(65(74)64(73)66(81-69)68(75)76)80-63(72)57-54-51-48-45-42-38-34-27-24-21-18-15-12-9-6-3/h9,12,17-18,20-21,25-29,34,42,45,51,54,60,64-67,69,73-74H,4-8,10-11,13-16,19,22-24,30-33,35-41,43-44,46-50,52-53,55-59H2,1-3H3,(H,75,76)/b12-9-,20-17-,21-18-,28-25-,29-26-,34-27-,45-42-,54-51-. The Morgan fingerprint density at radius 1 is 0.432 bits per heavy atom. The molecule has 6 unspecified atom stereocenters. The third-order valence-electron chi connectivity index (χ3n) is 14.1. The van der Waals surface area contributed by atoms with Gasteiger partial charge in [-0.15, -0.1) is 0 Å². The summed E-state index contributed by atoms with van der Waals surface area (Å²) in [7, 11) is 0. The second-order valence-corrected chi connectivity index (χ2v) is 21.7. The number of allylic oxidation sites excluding steroid dienone is 15. The molecule has 0 aromatic rings. The van der Waals surface area contributed by atoms with Gasteiger partial charge in [0.25, 0.3) is 0 Å². The van der Waals surface area contributed by atoms with Crippen LogP contribution in [0.15, 0.2) is 97.2 Å². The number of carboxylic acid groups (broad SMARTS) is 1. The Bertz CT molecular complexity index is 1780. The lowest BCUT2D eigenvalue weighted by atomic mass is 9.98. The van der Waals surface area contributed by atoms with E-state index in [2.05, 4.69) is 93.7 Å². The Balaban J connectivity index is 2.71. The number of unbranched alkanes of at least 4 members (excludes halogenated alkanes) is 25. The third kappa shape index (κ3) is 45.8. The van der Waals surface area contributed by atoms with E-state index in [-0.39, 0.29) is 25.9 Å². The van der Waals surface area contributed by atoms with Crippen LogP contribution in [0.3, 0.4) is 0 Å². The first kappa shape index (κ1) is 74.7. The van der Waals surface area contributed by atoms with Crippen molar-refractivity contribution >= 4 is 23.9 Å². The molecule has 1 heterocycles. The molecule has 0 amide bonds. The minimum Gasteiger partial charge on any atom is -0.479 e. The minimum atomic E-state index is -1.94. The molecule has 12 nitrogen and oxygen atoms in total. The molecular weight excluding hydrogens is 1020 g/mol. The quantitative estimate of drug-likeness (QED) is 0.0228. The summed E-state index contributed by atoms with van der Waals surface area (Å²) in [6, 6.07) is 0. The number of aliphatic carboxylic acids is 1. The van der Waals surface area contributed by atoms with E-state index in [1.807, 2.05) is 12.2 Å². The van der Waals surface area contributed by atoms with Crippen LogP contribution in [0.2, 0.25) is 0 Å². The number of esters is 3. The van der Waals surface area contributed by atoms with Crippen molar-refractivity contribution < 1.29 is 58.2 Å². The van der Waals surface area contributed by atoms with Crippen LogP contribution < -0.4 is 0 Å². The van der Waals surface area contributed by atoms with Crippen molar-refractivity contribution in [2.75, 3.05) is 13.2 Å². The predicted molar refractivity (Wildman–Crippen MR) is 331 cm³/mol.